The molecular formula is C13H18Cl2N2O2. The largest absolute Gasteiger partial charge is 0.399 e. The lowest BCUT2D eigenvalue weighted by molar-refractivity contribution is -0.116. The number of amides is 1. The lowest BCUT2D eigenvalue weighted by Crippen LogP contribution is -2.14. The van der Waals surface area contributed by atoms with Crippen LogP contribution in [0.15, 0.2) is 12.1 Å². The summed E-state index contributed by atoms with van der Waals surface area (Å²) in [5, 5.41) is 3.34. The molecule has 0 fully saturated rings. The number of nitrogens with one attached hydrogen (secondary N) is 1. The molecule has 0 unspecified atom stereocenters. The van der Waals surface area contributed by atoms with Gasteiger partial charge in [0.1, 0.15) is 0 Å². The van der Waals surface area contributed by atoms with Crippen LogP contribution in [0.2, 0.25) is 10.0 Å². The van der Waals surface area contributed by atoms with Crippen molar-refractivity contribution in [3.63, 3.8) is 0 Å². The summed E-state index contributed by atoms with van der Waals surface area (Å²) >= 11 is 12.0. The highest BCUT2D eigenvalue weighted by molar-refractivity contribution is 6.40. The van der Waals surface area contributed by atoms with Crippen molar-refractivity contribution in [2.24, 2.45) is 0 Å². The number of ether oxygens (including phenoxy) is 1. The maximum absolute atomic E-state index is 11.7. The Kier molecular flexibility index (Phi) is 6.42. The van der Waals surface area contributed by atoms with Crippen molar-refractivity contribution in [2.45, 2.75) is 32.8 Å². The second-order valence-electron chi connectivity index (χ2n) is 4.43. The van der Waals surface area contributed by atoms with E-state index in [1.165, 1.54) is 0 Å². The zero-order valence-corrected chi connectivity index (χ0v) is 12.5. The SMILES string of the molecule is CC(C)OCCCC(=O)Nc1c(Cl)cc(N)cc1Cl. The van der Waals surface area contributed by atoms with Gasteiger partial charge in [0.05, 0.1) is 21.8 Å². The van der Waals surface area contributed by atoms with Crippen LogP contribution in [0, 0.1) is 0 Å². The van der Waals surface area contributed by atoms with Gasteiger partial charge in [-0.15, -0.1) is 0 Å². The standard InChI is InChI=1S/C13H18Cl2N2O2/c1-8(2)19-5-3-4-12(18)17-13-10(14)6-9(16)7-11(13)15/h6-8H,3-5,16H2,1-2H3,(H,17,18). The fraction of sp³-hybridized carbons (Fsp3) is 0.462. The number of nitrogens with two attached hydrogens (primary N) is 1. The predicted octanol–water partition coefficient (Wildman–Crippen LogP) is 3.72. The Balaban J connectivity index is 2.49. The minimum atomic E-state index is -0.152. The van der Waals surface area contributed by atoms with E-state index in [-0.39, 0.29) is 12.0 Å². The van der Waals surface area contributed by atoms with Crippen molar-refractivity contribution in [1.29, 1.82) is 0 Å². The summed E-state index contributed by atoms with van der Waals surface area (Å²) in [6, 6.07) is 3.09. The molecule has 0 saturated carbocycles. The molecule has 0 saturated heterocycles. The number of carbonyl (C=O) groups is 1. The monoisotopic (exact) mass is 304 g/mol. The second-order valence-corrected chi connectivity index (χ2v) is 5.25. The minimum Gasteiger partial charge on any atom is -0.399 e. The summed E-state index contributed by atoms with van der Waals surface area (Å²) in [6.07, 6.45) is 1.17. The van der Waals surface area contributed by atoms with Crippen LogP contribution in [-0.4, -0.2) is 18.6 Å². The smallest absolute Gasteiger partial charge is 0.224 e. The van der Waals surface area contributed by atoms with Crippen LogP contribution in [0.25, 0.3) is 0 Å². The van der Waals surface area contributed by atoms with Crippen LogP contribution in [0.3, 0.4) is 0 Å². The van der Waals surface area contributed by atoms with Gasteiger partial charge in [0.15, 0.2) is 0 Å². The van der Waals surface area contributed by atoms with E-state index in [0.717, 1.165) is 0 Å². The number of hydrogen-bond donors (Lipinski definition) is 2. The van der Waals surface area contributed by atoms with E-state index in [0.29, 0.717) is 40.9 Å². The normalized spacial score (nSPS) is 10.8. The van der Waals surface area contributed by atoms with E-state index in [1.807, 2.05) is 13.8 Å². The van der Waals surface area contributed by atoms with Gasteiger partial charge in [0.2, 0.25) is 5.91 Å². The van der Waals surface area contributed by atoms with E-state index < -0.39 is 0 Å². The molecule has 0 aliphatic heterocycles. The van der Waals surface area contributed by atoms with Crippen LogP contribution in [0.4, 0.5) is 11.4 Å². The summed E-state index contributed by atoms with van der Waals surface area (Å²) in [4.78, 5) is 11.7. The van der Waals surface area contributed by atoms with E-state index in [1.54, 1.807) is 12.1 Å². The van der Waals surface area contributed by atoms with Crippen molar-refractivity contribution in [2.75, 3.05) is 17.7 Å². The molecule has 0 radical (unpaired) electrons. The maximum Gasteiger partial charge on any atom is 0.224 e. The Morgan fingerprint density at radius 3 is 2.47 bits per heavy atom. The molecule has 6 heteroatoms. The van der Waals surface area contributed by atoms with Gasteiger partial charge >= 0.3 is 0 Å². The number of anilines is 2. The van der Waals surface area contributed by atoms with E-state index in [9.17, 15) is 4.79 Å². The predicted molar refractivity (Wildman–Crippen MR) is 79.8 cm³/mol. The molecule has 1 rings (SSSR count). The van der Waals surface area contributed by atoms with Gasteiger partial charge in [-0.1, -0.05) is 23.2 Å². The molecular weight excluding hydrogens is 287 g/mol. The maximum atomic E-state index is 11.7. The highest BCUT2D eigenvalue weighted by atomic mass is 35.5. The Hall–Kier alpha value is -0.970. The number of rotatable bonds is 6. The molecule has 0 atom stereocenters. The van der Waals surface area contributed by atoms with E-state index in [2.05, 4.69) is 5.32 Å². The van der Waals surface area contributed by atoms with Crippen molar-refractivity contribution < 1.29 is 9.53 Å². The van der Waals surface area contributed by atoms with Gasteiger partial charge in [-0.3, -0.25) is 4.79 Å². The van der Waals surface area contributed by atoms with Gasteiger partial charge in [-0.05, 0) is 32.4 Å². The molecule has 4 nitrogen and oxygen atoms in total. The molecule has 3 N–H and O–H groups in total. The van der Waals surface area contributed by atoms with Crippen molar-refractivity contribution in [3.05, 3.63) is 22.2 Å². The number of nitrogen functional groups attached to an aromatic ring is 1. The lowest BCUT2D eigenvalue weighted by Gasteiger charge is -2.11. The van der Waals surface area contributed by atoms with Crippen molar-refractivity contribution in [3.8, 4) is 0 Å². The molecule has 0 bridgehead atoms. The third-order valence-corrected chi connectivity index (χ3v) is 2.92. The summed E-state index contributed by atoms with van der Waals surface area (Å²) in [5.41, 5.74) is 6.44. The van der Waals surface area contributed by atoms with Gasteiger partial charge in [0, 0.05) is 18.7 Å². The Morgan fingerprint density at radius 2 is 1.95 bits per heavy atom. The van der Waals surface area contributed by atoms with Crippen LogP contribution in [0.1, 0.15) is 26.7 Å². The lowest BCUT2D eigenvalue weighted by atomic mass is 10.2. The Bertz CT molecular complexity index is 427. The van der Waals surface area contributed by atoms with Crippen molar-refractivity contribution in [1.82, 2.24) is 0 Å². The Morgan fingerprint density at radius 1 is 1.37 bits per heavy atom. The van der Waals surface area contributed by atoms with Crippen LogP contribution >= 0.6 is 23.2 Å². The van der Waals surface area contributed by atoms with Crippen LogP contribution in [0.5, 0.6) is 0 Å². The third-order valence-electron chi connectivity index (χ3n) is 2.33. The number of hydrogen-bond acceptors (Lipinski definition) is 3. The zero-order chi connectivity index (χ0) is 14.4. The fourth-order valence-electron chi connectivity index (χ4n) is 1.47. The summed E-state index contributed by atoms with van der Waals surface area (Å²) in [5.74, 6) is -0.152. The van der Waals surface area contributed by atoms with Gasteiger partial charge in [-0.25, -0.2) is 0 Å². The third kappa shape index (κ3) is 5.68. The van der Waals surface area contributed by atoms with Gasteiger partial charge < -0.3 is 15.8 Å². The number of halogens is 2. The highest BCUT2D eigenvalue weighted by Gasteiger charge is 2.10. The first-order chi connectivity index (χ1) is 8.90. The van der Waals surface area contributed by atoms with Crippen LogP contribution < -0.4 is 11.1 Å². The van der Waals surface area contributed by atoms with E-state index >= 15 is 0 Å². The highest BCUT2D eigenvalue weighted by Crippen LogP contribution is 2.32. The minimum absolute atomic E-state index is 0.152. The molecule has 106 valence electrons. The van der Waals surface area contributed by atoms with Gasteiger partial charge in [0.25, 0.3) is 0 Å². The topological polar surface area (TPSA) is 64.3 Å². The van der Waals surface area contributed by atoms with Crippen molar-refractivity contribution >= 4 is 40.5 Å². The zero-order valence-electron chi connectivity index (χ0n) is 11.0. The Labute approximate surface area is 123 Å². The first-order valence-electron chi connectivity index (χ1n) is 6.06. The second kappa shape index (κ2) is 7.58. The molecule has 0 aromatic heterocycles. The molecule has 0 aliphatic carbocycles. The molecule has 0 heterocycles. The first-order valence-corrected chi connectivity index (χ1v) is 6.81. The van der Waals surface area contributed by atoms with Crippen LogP contribution in [-0.2, 0) is 9.53 Å². The molecule has 0 spiro atoms. The van der Waals surface area contributed by atoms with Gasteiger partial charge in [-0.2, -0.15) is 0 Å². The molecule has 1 aromatic carbocycles. The van der Waals surface area contributed by atoms with E-state index in [4.69, 9.17) is 33.7 Å². The summed E-state index contributed by atoms with van der Waals surface area (Å²) < 4.78 is 5.36. The molecule has 1 amide bonds. The fourth-order valence-corrected chi connectivity index (χ4v) is 2.06. The summed E-state index contributed by atoms with van der Waals surface area (Å²) in [7, 11) is 0. The first kappa shape index (κ1) is 16.1. The number of carbonyl (C=O) groups excluding carboxylic acids is 1. The quantitative estimate of drug-likeness (QED) is 0.622. The summed E-state index contributed by atoms with van der Waals surface area (Å²) in [6.45, 7) is 4.45. The molecule has 19 heavy (non-hydrogen) atoms. The number of benzene rings is 1. The average molecular weight is 305 g/mol. The molecule has 1 aromatic rings. The average Bonchev–Trinajstić information content (AvgIpc) is 2.29. The molecule has 0 aliphatic rings.